The van der Waals surface area contributed by atoms with Gasteiger partial charge >= 0.3 is 5.97 Å². The van der Waals surface area contributed by atoms with Crippen molar-refractivity contribution in [2.75, 3.05) is 0 Å². The maximum Gasteiger partial charge on any atom is 0.333 e. The quantitative estimate of drug-likeness (QED) is 0.692. The molecule has 150 valence electrons. The van der Waals surface area contributed by atoms with Crippen LogP contribution in [0.1, 0.15) is 45.5 Å². The van der Waals surface area contributed by atoms with Crippen molar-refractivity contribution in [3.05, 3.63) is 65.2 Å². The molecule has 9 heteroatoms. The first kappa shape index (κ1) is 19.3. The number of fused-ring (bicyclic) bond motifs is 1. The van der Waals surface area contributed by atoms with E-state index in [9.17, 15) is 22.8 Å². The van der Waals surface area contributed by atoms with Gasteiger partial charge in [0.15, 0.2) is 0 Å². The lowest BCUT2D eigenvalue weighted by molar-refractivity contribution is -0.168. The van der Waals surface area contributed by atoms with Gasteiger partial charge < -0.3 is 4.84 Å². The molecule has 2 aromatic carbocycles. The predicted molar refractivity (Wildman–Crippen MR) is 101 cm³/mol. The highest BCUT2D eigenvalue weighted by Gasteiger charge is 2.38. The van der Waals surface area contributed by atoms with Gasteiger partial charge in [-0.25, -0.2) is 17.9 Å². The third-order valence-electron chi connectivity index (χ3n) is 4.70. The molecule has 2 amide bonds. The summed E-state index contributed by atoms with van der Waals surface area (Å²) in [5.41, 5.74) is 1.12. The lowest BCUT2D eigenvalue weighted by Crippen LogP contribution is -2.32. The Morgan fingerprint density at radius 1 is 1.00 bits per heavy atom. The Morgan fingerprint density at radius 2 is 1.59 bits per heavy atom. The highest BCUT2D eigenvalue weighted by Crippen LogP contribution is 2.24. The van der Waals surface area contributed by atoms with E-state index in [4.69, 9.17) is 4.84 Å². The van der Waals surface area contributed by atoms with Crippen molar-refractivity contribution in [1.29, 1.82) is 0 Å². The lowest BCUT2D eigenvalue weighted by atomic mass is 10.1. The smallest absolute Gasteiger partial charge is 0.330 e. The summed E-state index contributed by atoms with van der Waals surface area (Å²) in [6.07, 6.45) is 1.91. The molecular formula is C20H18N2O6S. The molecule has 8 nitrogen and oxygen atoms in total. The van der Waals surface area contributed by atoms with Gasteiger partial charge in [-0.2, -0.15) is 0 Å². The van der Waals surface area contributed by atoms with Gasteiger partial charge in [0.2, 0.25) is 10.0 Å². The van der Waals surface area contributed by atoms with E-state index in [0.29, 0.717) is 5.06 Å². The zero-order valence-corrected chi connectivity index (χ0v) is 16.1. The van der Waals surface area contributed by atoms with Crippen LogP contribution >= 0.6 is 0 Å². The summed E-state index contributed by atoms with van der Waals surface area (Å²) in [5.74, 6) is -2.07. The molecule has 1 fully saturated rings. The van der Waals surface area contributed by atoms with Gasteiger partial charge in [0.05, 0.1) is 22.4 Å². The first-order valence-electron chi connectivity index (χ1n) is 9.15. The zero-order chi connectivity index (χ0) is 20.6. The minimum absolute atomic E-state index is 0.0246. The third-order valence-corrected chi connectivity index (χ3v) is 6.24. The van der Waals surface area contributed by atoms with E-state index in [0.717, 1.165) is 18.4 Å². The van der Waals surface area contributed by atoms with Crippen LogP contribution in [-0.4, -0.2) is 37.3 Å². The molecule has 0 bridgehead atoms. The molecule has 0 saturated heterocycles. The largest absolute Gasteiger partial charge is 0.333 e. The summed E-state index contributed by atoms with van der Waals surface area (Å²) in [6, 6.07) is 12.5. The molecule has 4 rings (SSSR count). The van der Waals surface area contributed by atoms with Gasteiger partial charge in [0.25, 0.3) is 11.8 Å². The fourth-order valence-corrected chi connectivity index (χ4v) is 4.27. The van der Waals surface area contributed by atoms with Crippen molar-refractivity contribution in [1.82, 2.24) is 9.79 Å². The number of carbonyl (C=O) groups excluding carboxylic acids is 3. The SMILES string of the molecule is O=C(CCc1ccc(S(=O)(=O)NC2CC2)cc1)ON1C(=O)c2ccccc2C1=O. The molecule has 1 aliphatic carbocycles. The summed E-state index contributed by atoms with van der Waals surface area (Å²) in [6.45, 7) is 0. The molecule has 0 atom stereocenters. The summed E-state index contributed by atoms with van der Waals surface area (Å²) in [4.78, 5) is 41.6. The maximum atomic E-state index is 12.2. The maximum absolute atomic E-state index is 12.2. The van der Waals surface area contributed by atoms with Crippen LogP contribution in [0.15, 0.2) is 53.4 Å². The number of hydrogen-bond acceptors (Lipinski definition) is 6. The van der Waals surface area contributed by atoms with E-state index in [1.807, 2.05) is 0 Å². The van der Waals surface area contributed by atoms with Gasteiger partial charge in [-0.05, 0) is 49.1 Å². The van der Waals surface area contributed by atoms with Crippen LogP contribution in [0.5, 0.6) is 0 Å². The van der Waals surface area contributed by atoms with Crippen LogP contribution in [0.25, 0.3) is 0 Å². The van der Waals surface area contributed by atoms with Gasteiger partial charge in [-0.3, -0.25) is 9.59 Å². The van der Waals surface area contributed by atoms with E-state index >= 15 is 0 Å². The lowest BCUT2D eigenvalue weighted by Gasteiger charge is -2.12. The number of rotatable bonds is 7. The summed E-state index contributed by atoms with van der Waals surface area (Å²) in [7, 11) is -3.52. The standard InChI is InChI=1S/C20H18N2O6S/c23-18(28-22-19(24)16-3-1-2-4-17(16)20(22)25)12-7-13-5-10-15(11-6-13)29(26,27)21-14-8-9-14/h1-6,10-11,14,21H,7-9,12H2. The van der Waals surface area contributed by atoms with Crippen molar-refractivity contribution in [2.24, 2.45) is 0 Å². The van der Waals surface area contributed by atoms with Gasteiger partial charge in [-0.15, -0.1) is 0 Å². The average Bonchev–Trinajstić information content (AvgIpc) is 3.49. The van der Waals surface area contributed by atoms with Crippen molar-refractivity contribution in [3.63, 3.8) is 0 Å². The summed E-state index contributed by atoms with van der Waals surface area (Å²) in [5, 5.41) is 0.478. The van der Waals surface area contributed by atoms with Gasteiger partial charge in [0, 0.05) is 6.04 Å². The Balaban J connectivity index is 1.33. The molecule has 1 aliphatic heterocycles. The second kappa shape index (κ2) is 7.41. The molecule has 1 N–H and O–H groups in total. The molecule has 2 aliphatic rings. The van der Waals surface area contributed by atoms with Crippen LogP contribution in [0.3, 0.4) is 0 Å². The van der Waals surface area contributed by atoms with E-state index in [1.165, 1.54) is 24.3 Å². The number of benzene rings is 2. The van der Waals surface area contributed by atoms with Crippen molar-refractivity contribution < 1.29 is 27.6 Å². The van der Waals surface area contributed by atoms with Crippen LogP contribution in [0.4, 0.5) is 0 Å². The second-order valence-corrected chi connectivity index (χ2v) is 8.67. The Bertz CT molecular complexity index is 1060. The number of sulfonamides is 1. The Morgan fingerprint density at radius 3 is 2.14 bits per heavy atom. The Labute approximate surface area is 167 Å². The van der Waals surface area contributed by atoms with Crippen LogP contribution in [-0.2, 0) is 26.1 Å². The normalized spacial score (nSPS) is 16.1. The minimum atomic E-state index is -3.52. The predicted octanol–water partition coefficient (Wildman–Crippen LogP) is 1.81. The van der Waals surface area contributed by atoms with E-state index in [1.54, 1.807) is 24.3 Å². The number of amides is 2. The average molecular weight is 414 g/mol. The number of nitrogens with zero attached hydrogens (tertiary/aromatic N) is 1. The molecular weight excluding hydrogens is 396 g/mol. The zero-order valence-electron chi connectivity index (χ0n) is 15.3. The molecule has 2 aromatic rings. The second-order valence-electron chi connectivity index (χ2n) is 6.95. The number of aryl methyl sites for hydroxylation is 1. The number of imide groups is 1. The first-order chi connectivity index (χ1) is 13.8. The Hall–Kier alpha value is -3.04. The molecule has 1 saturated carbocycles. The monoisotopic (exact) mass is 414 g/mol. The Kier molecular flexibility index (Phi) is 4.93. The van der Waals surface area contributed by atoms with Crippen molar-refractivity contribution in [2.45, 2.75) is 36.6 Å². The van der Waals surface area contributed by atoms with E-state index in [2.05, 4.69) is 4.72 Å². The molecule has 0 aromatic heterocycles. The number of hydrogen-bond donors (Lipinski definition) is 1. The third kappa shape index (κ3) is 4.06. The van der Waals surface area contributed by atoms with Crippen LogP contribution in [0.2, 0.25) is 0 Å². The molecule has 0 spiro atoms. The van der Waals surface area contributed by atoms with Gasteiger partial charge in [-0.1, -0.05) is 29.3 Å². The van der Waals surface area contributed by atoms with Crippen LogP contribution in [0, 0.1) is 0 Å². The minimum Gasteiger partial charge on any atom is -0.330 e. The summed E-state index contributed by atoms with van der Waals surface area (Å²) >= 11 is 0. The first-order valence-corrected chi connectivity index (χ1v) is 10.6. The van der Waals surface area contributed by atoms with Crippen molar-refractivity contribution >= 4 is 27.8 Å². The fraction of sp³-hybridized carbons (Fsp3) is 0.250. The molecule has 0 unspecified atom stereocenters. The van der Waals surface area contributed by atoms with Gasteiger partial charge in [0.1, 0.15) is 0 Å². The molecule has 29 heavy (non-hydrogen) atoms. The molecule has 1 heterocycles. The van der Waals surface area contributed by atoms with Crippen molar-refractivity contribution in [3.8, 4) is 0 Å². The molecule has 0 radical (unpaired) electrons. The highest BCUT2D eigenvalue weighted by molar-refractivity contribution is 7.89. The van der Waals surface area contributed by atoms with E-state index < -0.39 is 27.8 Å². The number of hydroxylamine groups is 2. The van der Waals surface area contributed by atoms with Crippen LogP contribution < -0.4 is 4.72 Å². The summed E-state index contributed by atoms with van der Waals surface area (Å²) < 4.78 is 26.9. The topological polar surface area (TPSA) is 110 Å². The number of nitrogens with one attached hydrogen (secondary N) is 1. The number of carbonyl (C=O) groups is 3. The fourth-order valence-electron chi connectivity index (χ4n) is 2.97. The van der Waals surface area contributed by atoms with E-state index in [-0.39, 0.29) is 34.9 Å². The highest BCUT2D eigenvalue weighted by atomic mass is 32.2.